The number of phenolic OH excluding ortho intramolecular Hbond substituents is 1. The number of nitrogens with one attached hydrogen (secondary N) is 1. The molecule has 3 nitrogen and oxygen atoms in total. The Bertz CT molecular complexity index is 620. The minimum absolute atomic E-state index is 0.0658. The first-order valence-corrected chi connectivity index (χ1v) is 5.80. The van der Waals surface area contributed by atoms with Gasteiger partial charge in [0.05, 0.1) is 21.3 Å². The van der Waals surface area contributed by atoms with Gasteiger partial charge in [0, 0.05) is 5.02 Å². The van der Waals surface area contributed by atoms with Gasteiger partial charge in [-0.2, -0.15) is 4.39 Å². The topological polar surface area (TPSA) is 53.1 Å². The molecule has 0 atom stereocenters. The van der Waals surface area contributed by atoms with Gasteiger partial charge >= 0.3 is 0 Å². The van der Waals surface area contributed by atoms with Crippen molar-refractivity contribution in [3.05, 3.63) is 50.5 Å². The van der Waals surface area contributed by atoms with Gasteiger partial charge < -0.3 is 10.1 Å². The number of halogens is 4. The smallest absolute Gasteiger partial charge is 0.213 e. The summed E-state index contributed by atoms with van der Waals surface area (Å²) in [6, 6.07) is 3.64. The molecular formula is C11H5Cl3FNO2. The van der Waals surface area contributed by atoms with Crippen molar-refractivity contribution in [3.8, 4) is 5.75 Å². The molecular weight excluding hydrogens is 303 g/mol. The minimum Gasteiger partial charge on any atom is -0.506 e. The Morgan fingerprint density at radius 2 is 1.83 bits per heavy atom. The third-order valence-electron chi connectivity index (χ3n) is 2.24. The predicted octanol–water partition coefficient (Wildman–Crippen LogP) is 4.05. The number of hydrogen-bond donors (Lipinski definition) is 2. The SMILES string of the molecule is O=C(c1cc(Cl)c(F)[nH]1)c1cc(Cl)cc(Cl)c1O. The molecule has 0 unspecified atom stereocenters. The predicted molar refractivity (Wildman–Crippen MR) is 67.3 cm³/mol. The lowest BCUT2D eigenvalue weighted by atomic mass is 10.1. The summed E-state index contributed by atoms with van der Waals surface area (Å²) in [5.74, 6) is -1.91. The number of hydrogen-bond acceptors (Lipinski definition) is 2. The maximum Gasteiger partial charge on any atom is 0.213 e. The molecule has 2 aromatic rings. The number of aromatic hydroxyl groups is 1. The molecule has 2 rings (SSSR count). The summed E-state index contributed by atoms with van der Waals surface area (Å²) in [7, 11) is 0. The fraction of sp³-hybridized carbons (Fsp3) is 0. The zero-order valence-electron chi connectivity index (χ0n) is 8.60. The summed E-state index contributed by atoms with van der Waals surface area (Å²) >= 11 is 16.9. The van der Waals surface area contributed by atoms with Crippen LogP contribution in [0.25, 0.3) is 0 Å². The van der Waals surface area contributed by atoms with E-state index < -0.39 is 17.5 Å². The molecule has 18 heavy (non-hydrogen) atoms. The van der Waals surface area contributed by atoms with E-state index in [1.54, 1.807) is 0 Å². The van der Waals surface area contributed by atoms with Gasteiger partial charge in [-0.15, -0.1) is 0 Å². The number of ketones is 1. The molecule has 0 saturated carbocycles. The average Bonchev–Trinajstić information content (AvgIpc) is 2.63. The van der Waals surface area contributed by atoms with Crippen LogP contribution in [0.4, 0.5) is 4.39 Å². The molecule has 0 aliphatic rings. The Morgan fingerprint density at radius 3 is 2.39 bits per heavy atom. The molecule has 7 heteroatoms. The van der Waals surface area contributed by atoms with Gasteiger partial charge in [0.25, 0.3) is 0 Å². The van der Waals surface area contributed by atoms with Crippen LogP contribution in [0.5, 0.6) is 5.75 Å². The molecule has 0 radical (unpaired) electrons. The van der Waals surface area contributed by atoms with Crippen LogP contribution in [0.3, 0.4) is 0 Å². The molecule has 0 saturated heterocycles. The fourth-order valence-electron chi connectivity index (χ4n) is 1.41. The number of aromatic amines is 1. The van der Waals surface area contributed by atoms with E-state index in [1.165, 1.54) is 12.1 Å². The van der Waals surface area contributed by atoms with E-state index in [4.69, 9.17) is 34.8 Å². The minimum atomic E-state index is -0.826. The summed E-state index contributed by atoms with van der Waals surface area (Å²) < 4.78 is 13.0. The Kier molecular flexibility index (Phi) is 3.52. The highest BCUT2D eigenvalue weighted by atomic mass is 35.5. The number of phenols is 1. The van der Waals surface area contributed by atoms with Crippen LogP contribution in [0.2, 0.25) is 15.1 Å². The largest absolute Gasteiger partial charge is 0.506 e. The first kappa shape index (κ1) is 13.2. The quantitative estimate of drug-likeness (QED) is 0.822. The summed E-state index contributed by atoms with van der Waals surface area (Å²) in [5.41, 5.74) is -0.239. The summed E-state index contributed by atoms with van der Waals surface area (Å²) in [6.07, 6.45) is 0. The van der Waals surface area contributed by atoms with E-state index in [-0.39, 0.29) is 26.3 Å². The zero-order chi connectivity index (χ0) is 13.4. The monoisotopic (exact) mass is 307 g/mol. The molecule has 0 spiro atoms. The number of H-pyrrole nitrogens is 1. The highest BCUT2D eigenvalue weighted by Crippen LogP contribution is 2.32. The molecule has 1 heterocycles. The van der Waals surface area contributed by atoms with E-state index in [0.29, 0.717) is 0 Å². The lowest BCUT2D eigenvalue weighted by molar-refractivity contribution is 0.103. The fourth-order valence-corrected chi connectivity index (χ4v) is 2.06. The Morgan fingerprint density at radius 1 is 1.17 bits per heavy atom. The van der Waals surface area contributed by atoms with Crippen LogP contribution in [0.15, 0.2) is 18.2 Å². The van der Waals surface area contributed by atoms with Gasteiger partial charge in [-0.1, -0.05) is 34.8 Å². The van der Waals surface area contributed by atoms with Gasteiger partial charge in [-0.3, -0.25) is 4.79 Å². The molecule has 0 aliphatic carbocycles. The second-order valence-electron chi connectivity index (χ2n) is 3.46. The lowest BCUT2D eigenvalue weighted by Crippen LogP contribution is -2.02. The van der Waals surface area contributed by atoms with Crippen molar-refractivity contribution in [1.29, 1.82) is 0 Å². The van der Waals surface area contributed by atoms with Gasteiger partial charge in [-0.25, -0.2) is 0 Å². The second kappa shape index (κ2) is 4.80. The third-order valence-corrected chi connectivity index (χ3v) is 3.02. The van der Waals surface area contributed by atoms with E-state index in [2.05, 4.69) is 4.98 Å². The molecule has 0 fully saturated rings. The van der Waals surface area contributed by atoms with Crippen molar-refractivity contribution in [3.63, 3.8) is 0 Å². The molecule has 0 amide bonds. The first-order valence-electron chi connectivity index (χ1n) is 4.67. The summed E-state index contributed by atoms with van der Waals surface area (Å²) in [6.45, 7) is 0. The highest BCUT2D eigenvalue weighted by molar-refractivity contribution is 6.36. The summed E-state index contributed by atoms with van der Waals surface area (Å²) in [5, 5.41) is 9.58. The van der Waals surface area contributed by atoms with Crippen LogP contribution in [-0.2, 0) is 0 Å². The molecule has 2 N–H and O–H groups in total. The average molecular weight is 309 g/mol. The first-order chi connectivity index (χ1) is 8.40. The Labute approximate surface area is 116 Å². The summed E-state index contributed by atoms with van der Waals surface area (Å²) in [4.78, 5) is 14.2. The lowest BCUT2D eigenvalue weighted by Gasteiger charge is -2.05. The maximum absolute atomic E-state index is 13.0. The van der Waals surface area contributed by atoms with Crippen LogP contribution >= 0.6 is 34.8 Å². The van der Waals surface area contributed by atoms with Crippen LogP contribution in [0.1, 0.15) is 16.1 Å². The number of benzene rings is 1. The molecule has 1 aromatic heterocycles. The van der Waals surface area contributed by atoms with E-state index in [1.807, 2.05) is 0 Å². The van der Waals surface area contributed by atoms with Crippen molar-refractivity contribution in [2.45, 2.75) is 0 Å². The molecule has 0 bridgehead atoms. The van der Waals surface area contributed by atoms with Crippen molar-refractivity contribution in [1.82, 2.24) is 4.98 Å². The van der Waals surface area contributed by atoms with Crippen LogP contribution in [-0.4, -0.2) is 15.9 Å². The standard InChI is InChI=1S/C11H5Cl3FNO2/c12-4-1-5(9(17)6(13)2-4)10(18)8-3-7(14)11(15)16-8/h1-3,16-17H. The molecule has 0 aliphatic heterocycles. The highest BCUT2D eigenvalue weighted by Gasteiger charge is 2.20. The van der Waals surface area contributed by atoms with Gasteiger partial charge in [0.1, 0.15) is 5.75 Å². The van der Waals surface area contributed by atoms with E-state index in [0.717, 1.165) is 6.07 Å². The van der Waals surface area contributed by atoms with E-state index >= 15 is 0 Å². The van der Waals surface area contributed by atoms with Crippen molar-refractivity contribution >= 4 is 40.6 Å². The van der Waals surface area contributed by atoms with Gasteiger partial charge in [0.2, 0.25) is 11.7 Å². The number of carbonyl (C=O) groups is 1. The van der Waals surface area contributed by atoms with Crippen molar-refractivity contribution in [2.75, 3.05) is 0 Å². The molecule has 1 aromatic carbocycles. The van der Waals surface area contributed by atoms with Gasteiger partial charge in [-0.05, 0) is 18.2 Å². The number of aromatic nitrogens is 1. The molecule has 94 valence electrons. The maximum atomic E-state index is 13.0. The Hall–Kier alpha value is -1.23. The van der Waals surface area contributed by atoms with Crippen molar-refractivity contribution < 1.29 is 14.3 Å². The van der Waals surface area contributed by atoms with Crippen LogP contribution < -0.4 is 0 Å². The van der Waals surface area contributed by atoms with Crippen molar-refractivity contribution in [2.24, 2.45) is 0 Å². The Balaban J connectivity index is 2.52. The van der Waals surface area contributed by atoms with Crippen LogP contribution in [0, 0.1) is 5.95 Å². The second-order valence-corrected chi connectivity index (χ2v) is 4.71. The zero-order valence-corrected chi connectivity index (χ0v) is 10.9. The third kappa shape index (κ3) is 2.32. The number of carbonyl (C=O) groups excluding carboxylic acids is 1. The van der Waals surface area contributed by atoms with Gasteiger partial charge in [0.15, 0.2) is 0 Å². The van der Waals surface area contributed by atoms with E-state index in [9.17, 15) is 14.3 Å². The normalized spacial score (nSPS) is 10.7. The number of rotatable bonds is 2.